The molecule has 0 radical (unpaired) electrons. The van der Waals surface area contributed by atoms with E-state index in [1.807, 2.05) is 24.3 Å². The Hall–Kier alpha value is -2.16. The van der Waals surface area contributed by atoms with E-state index < -0.39 is 11.0 Å². The van der Waals surface area contributed by atoms with Crippen molar-refractivity contribution in [3.63, 3.8) is 0 Å². The van der Waals surface area contributed by atoms with Crippen molar-refractivity contribution in [2.75, 3.05) is 10.6 Å². The van der Waals surface area contributed by atoms with Crippen molar-refractivity contribution in [2.45, 2.75) is 13.0 Å². The lowest BCUT2D eigenvalue weighted by atomic mass is 10.2. The number of nitro benzene ring substituents is 1. The number of nitrogens with zero attached hydrogens (tertiary/aromatic N) is 1. The number of carbonyl (C=O) groups is 1. The van der Waals surface area contributed by atoms with E-state index in [4.69, 9.17) is 0 Å². The summed E-state index contributed by atoms with van der Waals surface area (Å²) >= 11 is 2.20. The maximum Gasteiger partial charge on any atom is 0.292 e. The van der Waals surface area contributed by atoms with Gasteiger partial charge in [0.05, 0.1) is 4.92 Å². The number of anilines is 2. The molecule has 0 aliphatic rings. The molecule has 0 saturated carbocycles. The molecule has 0 fully saturated rings. The third kappa shape index (κ3) is 4.17. The fourth-order valence-electron chi connectivity index (χ4n) is 1.84. The zero-order valence-electron chi connectivity index (χ0n) is 11.7. The Morgan fingerprint density at radius 3 is 2.45 bits per heavy atom. The molecule has 0 unspecified atom stereocenters. The van der Waals surface area contributed by atoms with Crippen molar-refractivity contribution < 1.29 is 9.72 Å². The molecule has 2 aromatic rings. The normalized spacial score (nSPS) is 11.5. The van der Waals surface area contributed by atoms with E-state index in [9.17, 15) is 14.9 Å². The van der Waals surface area contributed by atoms with Gasteiger partial charge in [0, 0.05) is 15.3 Å². The summed E-state index contributed by atoms with van der Waals surface area (Å²) in [6.07, 6.45) is 0. The van der Waals surface area contributed by atoms with E-state index in [2.05, 4.69) is 33.2 Å². The number of carbonyl (C=O) groups excluding carboxylic acids is 1. The fraction of sp³-hybridized carbons (Fsp3) is 0.133. The van der Waals surface area contributed by atoms with E-state index >= 15 is 0 Å². The Labute approximate surface area is 141 Å². The van der Waals surface area contributed by atoms with Gasteiger partial charge in [-0.25, -0.2) is 0 Å². The summed E-state index contributed by atoms with van der Waals surface area (Å²) in [6.45, 7) is 1.70. The summed E-state index contributed by atoms with van der Waals surface area (Å²) in [5.41, 5.74) is 0.872. The van der Waals surface area contributed by atoms with E-state index in [-0.39, 0.29) is 17.3 Å². The molecular formula is C15H14IN3O3. The topological polar surface area (TPSA) is 84.3 Å². The number of nitrogens with one attached hydrogen (secondary N) is 2. The lowest BCUT2D eigenvalue weighted by Gasteiger charge is -2.15. The summed E-state index contributed by atoms with van der Waals surface area (Å²) in [5.74, 6) is -0.340. The predicted molar refractivity (Wildman–Crippen MR) is 94.0 cm³/mol. The molecule has 0 aliphatic carbocycles. The van der Waals surface area contributed by atoms with Gasteiger partial charge in [-0.05, 0) is 59.8 Å². The average molecular weight is 411 g/mol. The molecule has 2 aromatic carbocycles. The smallest absolute Gasteiger partial charge is 0.292 e. The van der Waals surface area contributed by atoms with Crippen molar-refractivity contribution in [2.24, 2.45) is 0 Å². The first kappa shape index (κ1) is 16.2. The third-order valence-electron chi connectivity index (χ3n) is 2.98. The van der Waals surface area contributed by atoms with Crippen molar-refractivity contribution in [1.82, 2.24) is 0 Å². The van der Waals surface area contributed by atoms with Gasteiger partial charge in [-0.3, -0.25) is 14.9 Å². The van der Waals surface area contributed by atoms with Crippen LogP contribution >= 0.6 is 22.6 Å². The number of benzene rings is 2. The summed E-state index contributed by atoms with van der Waals surface area (Å²) in [6, 6.07) is 13.1. The van der Waals surface area contributed by atoms with Gasteiger partial charge in [-0.1, -0.05) is 12.1 Å². The van der Waals surface area contributed by atoms with Gasteiger partial charge in [0.2, 0.25) is 5.91 Å². The van der Waals surface area contributed by atoms with E-state index in [1.165, 1.54) is 12.1 Å². The molecule has 22 heavy (non-hydrogen) atoms. The highest BCUT2D eigenvalue weighted by molar-refractivity contribution is 14.1. The van der Waals surface area contributed by atoms with Crippen molar-refractivity contribution in [1.29, 1.82) is 0 Å². The highest BCUT2D eigenvalue weighted by Gasteiger charge is 2.18. The lowest BCUT2D eigenvalue weighted by molar-refractivity contribution is -0.383. The van der Waals surface area contributed by atoms with Gasteiger partial charge < -0.3 is 10.6 Å². The van der Waals surface area contributed by atoms with Crippen LogP contribution in [0.5, 0.6) is 0 Å². The van der Waals surface area contributed by atoms with Crippen LogP contribution in [0.4, 0.5) is 17.1 Å². The molecular weight excluding hydrogens is 397 g/mol. The Kier molecular flexibility index (Phi) is 5.31. The average Bonchev–Trinajstić information content (AvgIpc) is 2.49. The van der Waals surface area contributed by atoms with Crippen LogP contribution in [0.3, 0.4) is 0 Å². The Balaban J connectivity index is 2.05. The molecule has 0 saturated heterocycles. The molecule has 6 nitrogen and oxygen atoms in total. The number of amides is 1. The Bertz CT molecular complexity index is 689. The molecule has 1 amide bonds. The first-order chi connectivity index (χ1) is 10.5. The van der Waals surface area contributed by atoms with Crippen LogP contribution in [-0.4, -0.2) is 16.9 Å². The largest absolute Gasteiger partial charge is 0.374 e. The second-order valence-electron chi connectivity index (χ2n) is 4.64. The Morgan fingerprint density at radius 2 is 1.82 bits per heavy atom. The summed E-state index contributed by atoms with van der Waals surface area (Å²) in [5, 5.41) is 16.6. The highest BCUT2D eigenvalue weighted by atomic mass is 127. The number of nitro groups is 1. The molecule has 0 bridgehead atoms. The van der Waals surface area contributed by atoms with Crippen molar-refractivity contribution >= 4 is 45.6 Å². The molecule has 7 heteroatoms. The van der Waals surface area contributed by atoms with Gasteiger partial charge in [0.1, 0.15) is 11.7 Å². The number of rotatable bonds is 5. The van der Waals surface area contributed by atoms with Gasteiger partial charge in [-0.15, -0.1) is 0 Å². The standard InChI is InChI=1S/C15H14IN3O3/c1-10(17-12-8-6-11(16)7-9-12)15(20)18-13-4-2-3-5-14(13)19(21)22/h2-10,17H,1H3,(H,18,20)/t10-/m0/s1. The highest BCUT2D eigenvalue weighted by Crippen LogP contribution is 2.23. The first-order valence-corrected chi connectivity index (χ1v) is 7.61. The third-order valence-corrected chi connectivity index (χ3v) is 3.70. The zero-order valence-corrected chi connectivity index (χ0v) is 13.9. The molecule has 0 heterocycles. The monoisotopic (exact) mass is 411 g/mol. The number of hydrogen-bond donors (Lipinski definition) is 2. The van der Waals surface area contributed by atoms with E-state index in [1.54, 1.807) is 19.1 Å². The van der Waals surface area contributed by atoms with Crippen LogP contribution in [-0.2, 0) is 4.79 Å². The summed E-state index contributed by atoms with van der Waals surface area (Å²) in [7, 11) is 0. The minimum atomic E-state index is -0.528. The molecule has 114 valence electrons. The second-order valence-corrected chi connectivity index (χ2v) is 5.88. The quantitative estimate of drug-likeness (QED) is 0.447. The van der Waals surface area contributed by atoms with Gasteiger partial charge in [0.15, 0.2) is 0 Å². The zero-order chi connectivity index (χ0) is 16.1. The van der Waals surface area contributed by atoms with Crippen molar-refractivity contribution in [3.8, 4) is 0 Å². The maximum absolute atomic E-state index is 12.2. The number of hydrogen-bond acceptors (Lipinski definition) is 4. The van der Waals surface area contributed by atoms with Gasteiger partial charge in [-0.2, -0.15) is 0 Å². The minimum absolute atomic E-state index is 0.127. The van der Waals surface area contributed by atoms with Crippen LogP contribution < -0.4 is 10.6 Å². The minimum Gasteiger partial charge on any atom is -0.374 e. The molecule has 2 N–H and O–H groups in total. The lowest BCUT2D eigenvalue weighted by Crippen LogP contribution is -2.32. The number of para-hydroxylation sites is 2. The van der Waals surface area contributed by atoms with Gasteiger partial charge in [0.25, 0.3) is 5.69 Å². The SMILES string of the molecule is C[C@H](Nc1ccc(I)cc1)C(=O)Nc1ccccc1[N+](=O)[O-]. The predicted octanol–water partition coefficient (Wildman–Crippen LogP) is 3.64. The molecule has 0 aliphatic heterocycles. The van der Waals surface area contributed by atoms with Crippen LogP contribution in [0.25, 0.3) is 0 Å². The van der Waals surface area contributed by atoms with Crippen LogP contribution in [0.15, 0.2) is 48.5 Å². The maximum atomic E-state index is 12.2. The van der Waals surface area contributed by atoms with Crippen LogP contribution in [0, 0.1) is 13.7 Å². The molecule has 0 spiro atoms. The van der Waals surface area contributed by atoms with Crippen molar-refractivity contribution in [3.05, 3.63) is 62.2 Å². The van der Waals surface area contributed by atoms with E-state index in [0.717, 1.165) is 9.26 Å². The molecule has 0 aromatic heterocycles. The van der Waals surface area contributed by atoms with Crippen LogP contribution in [0.1, 0.15) is 6.92 Å². The van der Waals surface area contributed by atoms with Crippen LogP contribution in [0.2, 0.25) is 0 Å². The second kappa shape index (κ2) is 7.21. The van der Waals surface area contributed by atoms with E-state index in [0.29, 0.717) is 0 Å². The molecule has 2 rings (SSSR count). The Morgan fingerprint density at radius 1 is 1.18 bits per heavy atom. The van der Waals surface area contributed by atoms with Gasteiger partial charge >= 0.3 is 0 Å². The molecule has 1 atom stereocenters. The summed E-state index contributed by atoms with van der Waals surface area (Å²) in [4.78, 5) is 22.6. The summed E-state index contributed by atoms with van der Waals surface area (Å²) < 4.78 is 1.10. The first-order valence-electron chi connectivity index (χ1n) is 6.54. The number of halogens is 1. The fourth-order valence-corrected chi connectivity index (χ4v) is 2.20.